The van der Waals surface area contributed by atoms with E-state index in [9.17, 15) is 26.3 Å². The number of alkyl halides is 6. The van der Waals surface area contributed by atoms with Crippen LogP contribution in [0.4, 0.5) is 26.3 Å². The molecular weight excluding hydrogens is 703 g/mol. The van der Waals surface area contributed by atoms with Gasteiger partial charge in [-0.15, -0.1) is 26.3 Å². The zero-order chi connectivity index (χ0) is 35.7. The lowest BCUT2D eigenvalue weighted by molar-refractivity contribution is -0.132. The third-order valence-corrected chi connectivity index (χ3v) is 31.6. The van der Waals surface area contributed by atoms with Gasteiger partial charge in [0.05, 0.1) is 0 Å². The van der Waals surface area contributed by atoms with Crippen LogP contribution in [-0.2, 0) is 20.6 Å². The van der Waals surface area contributed by atoms with E-state index in [1.165, 1.54) is 0 Å². The molecule has 0 fully saturated rings. The van der Waals surface area contributed by atoms with E-state index in [-0.39, 0.29) is 12.1 Å². The molecule has 1 unspecified atom stereocenters. The summed E-state index contributed by atoms with van der Waals surface area (Å²) in [7, 11) is -17.4. The van der Waals surface area contributed by atoms with E-state index in [2.05, 4.69) is 26.3 Å². The van der Waals surface area contributed by atoms with Crippen molar-refractivity contribution in [1.29, 1.82) is 0 Å². The van der Waals surface area contributed by atoms with Crippen molar-refractivity contribution in [3.05, 3.63) is 49.1 Å². The molecule has 0 bridgehead atoms. The Kier molecular flexibility index (Phi) is 17.6. The van der Waals surface area contributed by atoms with Gasteiger partial charge >= 0.3 is 38.0 Å². The molecule has 0 rings (SSSR count). The monoisotopic (exact) mass is 758 g/mol. The van der Waals surface area contributed by atoms with Crippen molar-refractivity contribution in [1.82, 2.24) is 0 Å². The zero-order valence-electron chi connectivity index (χ0n) is 28.8. The Morgan fingerprint density at radius 1 is 0.432 bits per heavy atom. The first-order valence-electron chi connectivity index (χ1n) is 14.4. The number of halogens is 6. The number of hydrogen-bond acceptors (Lipinski definition) is 5. The van der Waals surface area contributed by atoms with Gasteiger partial charge in [-0.1, -0.05) is 22.8 Å². The molecule has 0 radical (unpaired) electrons. The first-order valence-corrected chi connectivity index (χ1v) is 34.2. The second kappa shape index (κ2) is 16.8. The van der Waals surface area contributed by atoms with Crippen molar-refractivity contribution in [2.75, 3.05) is 0 Å². The Morgan fingerprint density at radius 3 is 0.886 bits per heavy atom. The summed E-state index contributed by atoms with van der Waals surface area (Å²) in [6, 6.07) is -0.234. The molecule has 0 aliphatic heterocycles. The van der Waals surface area contributed by atoms with E-state index in [0.29, 0.717) is 0 Å². The molecule has 260 valence electrons. The molecule has 0 amide bonds. The molecule has 0 spiro atoms. The van der Waals surface area contributed by atoms with Crippen molar-refractivity contribution in [2.24, 2.45) is 0 Å². The Morgan fingerprint density at radius 2 is 0.659 bits per heavy atom. The molecule has 5 nitrogen and oxygen atoms in total. The molecule has 0 saturated heterocycles. The molecular formula is C26H56F6O5Si7. The fraction of sp³-hybridized carbons (Fsp3) is 0.692. The Balaban J connectivity index is 0. The molecule has 0 saturated carbocycles. The van der Waals surface area contributed by atoms with E-state index < -0.39 is 84.1 Å². The van der Waals surface area contributed by atoms with E-state index >= 15 is 0 Å². The van der Waals surface area contributed by atoms with Crippen LogP contribution in [0.25, 0.3) is 0 Å². The van der Waals surface area contributed by atoms with E-state index in [0.717, 1.165) is 0 Å². The third kappa shape index (κ3) is 22.4. The van der Waals surface area contributed by atoms with Crippen molar-refractivity contribution in [3.63, 3.8) is 0 Å². The quantitative estimate of drug-likeness (QED) is 0.103. The molecule has 0 aliphatic carbocycles. The van der Waals surface area contributed by atoms with E-state index in [1.807, 2.05) is 65.5 Å². The lowest BCUT2D eigenvalue weighted by Crippen LogP contribution is -2.57. The Bertz CT molecular complexity index is 935. The van der Waals surface area contributed by atoms with Gasteiger partial charge in [0.25, 0.3) is 0 Å². The van der Waals surface area contributed by atoms with Crippen LogP contribution < -0.4 is 0 Å². The van der Waals surface area contributed by atoms with Crippen LogP contribution in [0.3, 0.4) is 0 Å². The number of rotatable bonds is 18. The summed E-state index contributed by atoms with van der Waals surface area (Å²) in [6.45, 7) is 37.5. The van der Waals surface area contributed by atoms with Crippen molar-refractivity contribution < 1.29 is 46.9 Å². The zero-order valence-corrected chi connectivity index (χ0v) is 35.8. The average molecular weight is 759 g/mol. The molecule has 44 heavy (non-hydrogen) atoms. The third-order valence-electron chi connectivity index (χ3n) is 6.10. The number of hydrogen-bond donors (Lipinski definition) is 0. The highest BCUT2D eigenvalue weighted by atomic mass is 28.5. The minimum Gasteiger partial charge on any atom is -0.433 e. The smallest absolute Gasteiger partial charge is 0.389 e. The summed E-state index contributed by atoms with van der Waals surface area (Å²) in [5.74, 6) is 0. The van der Waals surface area contributed by atoms with Gasteiger partial charge in [-0.05, 0) is 90.7 Å². The molecule has 0 aromatic rings. The summed E-state index contributed by atoms with van der Waals surface area (Å²) in [5, 5.41) is 0. The van der Waals surface area contributed by atoms with Crippen molar-refractivity contribution in [2.45, 2.75) is 116 Å². The first-order chi connectivity index (χ1) is 19.2. The second-order valence-corrected chi connectivity index (χ2v) is 40.5. The van der Waals surface area contributed by atoms with Crippen molar-refractivity contribution >= 4 is 59.0 Å². The van der Waals surface area contributed by atoms with E-state index in [1.54, 1.807) is 35.9 Å². The topological polar surface area (TPSA) is 46.2 Å². The molecule has 0 aromatic carbocycles. The molecule has 0 N–H and O–H groups in total. The predicted octanol–water partition coefficient (Wildman–Crippen LogP) is 10.5. The maximum atomic E-state index is 12.7. The van der Waals surface area contributed by atoms with Gasteiger partial charge in [0, 0.05) is 12.8 Å². The average Bonchev–Trinajstić information content (AvgIpc) is 2.79. The maximum Gasteiger partial charge on any atom is 0.389 e. The Hall–Kier alpha value is -0.142. The van der Waals surface area contributed by atoms with Gasteiger partial charge in [0.2, 0.25) is 0 Å². The maximum absolute atomic E-state index is 12.7. The minimum absolute atomic E-state index is 0.0922. The largest absolute Gasteiger partial charge is 0.433 e. The standard InChI is InChI=1S/C14H31F3O3Si4.C12H25F3O2Si3/c1-10-21(3,4)18-23(7,8)20-24(9,13-12-14(15,16)17)19-22(5,6)11-2;1-8-18(3,4)16-20(7,11-10-12(13,14)15)17-19(5,6)9-2/h10-11H,1-2,12-13H2,3-9H3;8-9H,1-2,10-11H2,3-7H3. The normalized spacial score (nSPS) is 15.5. The van der Waals surface area contributed by atoms with Gasteiger partial charge < -0.3 is 20.6 Å². The fourth-order valence-electron chi connectivity index (χ4n) is 3.99. The fourth-order valence-corrected chi connectivity index (χ4v) is 32.6. The van der Waals surface area contributed by atoms with Gasteiger partial charge in [-0.2, -0.15) is 26.3 Å². The molecule has 18 heteroatoms. The van der Waals surface area contributed by atoms with Crippen LogP contribution in [0, 0.1) is 0 Å². The van der Waals surface area contributed by atoms with Gasteiger partial charge in [-0.3, -0.25) is 0 Å². The minimum atomic E-state index is -4.23. The summed E-state index contributed by atoms with van der Waals surface area (Å²) in [5.41, 5.74) is 6.95. The van der Waals surface area contributed by atoms with Crippen molar-refractivity contribution in [3.8, 4) is 0 Å². The lowest BCUT2D eigenvalue weighted by atomic mass is 10.5. The molecule has 0 aromatic heterocycles. The SMILES string of the molecule is C=C[Si](C)(C)O[Si](C)(C)O[Si](C)(CCC(F)(F)F)O[Si](C)(C)C=C.C=C[Si](C)(C)O[Si](C)(CCC(F)(F)F)O[Si](C)(C)C=C. The van der Waals surface area contributed by atoms with Crippen LogP contribution in [0.2, 0.25) is 90.7 Å². The molecule has 0 heterocycles. The Labute approximate surface area is 270 Å². The summed E-state index contributed by atoms with van der Waals surface area (Å²) in [6.07, 6.45) is -10.2. The highest BCUT2D eigenvalue weighted by molar-refractivity contribution is 6.92. The highest BCUT2D eigenvalue weighted by Crippen LogP contribution is 2.33. The van der Waals surface area contributed by atoms with Crippen LogP contribution in [0.15, 0.2) is 49.1 Å². The second-order valence-electron chi connectivity index (χ2n) is 13.6. The van der Waals surface area contributed by atoms with Crippen LogP contribution in [-0.4, -0.2) is 71.3 Å². The van der Waals surface area contributed by atoms with Crippen LogP contribution in [0.5, 0.6) is 0 Å². The molecule has 0 aliphatic rings. The van der Waals surface area contributed by atoms with Crippen LogP contribution >= 0.6 is 0 Å². The predicted molar refractivity (Wildman–Crippen MR) is 188 cm³/mol. The highest BCUT2D eigenvalue weighted by Gasteiger charge is 2.47. The summed E-state index contributed by atoms with van der Waals surface area (Å²) >= 11 is 0. The summed E-state index contributed by atoms with van der Waals surface area (Å²) in [4.78, 5) is 0. The van der Waals surface area contributed by atoms with E-state index in [4.69, 9.17) is 20.6 Å². The van der Waals surface area contributed by atoms with Gasteiger partial charge in [-0.25, -0.2) is 0 Å². The van der Waals surface area contributed by atoms with Gasteiger partial charge in [0.15, 0.2) is 33.3 Å². The molecule has 1 atom stereocenters. The lowest BCUT2D eigenvalue weighted by Gasteiger charge is -2.41. The van der Waals surface area contributed by atoms with Gasteiger partial charge in [0.1, 0.15) is 0 Å². The summed E-state index contributed by atoms with van der Waals surface area (Å²) < 4.78 is 106. The first kappa shape index (κ1) is 46.0. The van der Waals surface area contributed by atoms with Crippen LogP contribution in [0.1, 0.15) is 12.8 Å².